The summed E-state index contributed by atoms with van der Waals surface area (Å²) in [6.07, 6.45) is 0. The molecule has 0 aromatic heterocycles. The number of rotatable bonds is 5. The third-order valence-corrected chi connectivity index (χ3v) is 3.64. The number of non-ortho nitro benzene ring substituents is 1. The van der Waals surface area contributed by atoms with E-state index in [-0.39, 0.29) is 18.9 Å². The van der Waals surface area contributed by atoms with Crippen molar-refractivity contribution in [3.63, 3.8) is 0 Å². The lowest BCUT2D eigenvalue weighted by molar-refractivity contribution is -0.384. The van der Waals surface area contributed by atoms with Gasteiger partial charge in [-0.3, -0.25) is 10.1 Å². The Labute approximate surface area is 134 Å². The van der Waals surface area contributed by atoms with Crippen molar-refractivity contribution in [1.29, 1.82) is 0 Å². The molecule has 0 spiro atoms. The van der Waals surface area contributed by atoms with E-state index in [0.29, 0.717) is 20.8 Å². The van der Waals surface area contributed by atoms with Crippen molar-refractivity contribution >= 4 is 33.2 Å². The highest BCUT2D eigenvalue weighted by atomic mass is 79.9. The number of nitrogens with zero attached hydrogens (tertiary/aromatic N) is 1. The molecule has 0 fully saturated rings. The van der Waals surface area contributed by atoms with E-state index >= 15 is 0 Å². The number of nitro groups is 1. The van der Waals surface area contributed by atoms with Crippen LogP contribution in [0.3, 0.4) is 0 Å². The molecule has 7 heteroatoms. The van der Waals surface area contributed by atoms with Crippen molar-refractivity contribution in [3.8, 4) is 5.75 Å². The second-order valence-electron chi connectivity index (χ2n) is 4.26. The molecule has 0 saturated heterocycles. The fraction of sp³-hybridized carbons (Fsp3) is 0.143. The number of ether oxygens (including phenoxy) is 1. The smallest absolute Gasteiger partial charge is 0.269 e. The topological polar surface area (TPSA) is 72.6 Å². The molecule has 2 aromatic carbocycles. The van der Waals surface area contributed by atoms with Crippen LogP contribution in [0.15, 0.2) is 40.9 Å². The van der Waals surface area contributed by atoms with Crippen LogP contribution in [0.5, 0.6) is 5.75 Å². The summed E-state index contributed by atoms with van der Waals surface area (Å²) in [4.78, 5) is 10.1. The molecule has 0 heterocycles. The predicted molar refractivity (Wildman–Crippen MR) is 82.5 cm³/mol. The van der Waals surface area contributed by atoms with Crippen LogP contribution in [0.1, 0.15) is 11.1 Å². The molecule has 5 nitrogen and oxygen atoms in total. The summed E-state index contributed by atoms with van der Waals surface area (Å²) in [5.74, 6) is 0.465. The summed E-state index contributed by atoms with van der Waals surface area (Å²) in [6.45, 7) is 0.121. The van der Waals surface area contributed by atoms with Crippen LogP contribution in [-0.4, -0.2) is 10.0 Å². The van der Waals surface area contributed by atoms with Crippen LogP contribution >= 0.6 is 27.5 Å². The lowest BCUT2D eigenvalue weighted by Crippen LogP contribution is -1.98. The fourth-order valence-electron chi connectivity index (χ4n) is 1.71. The quantitative estimate of drug-likeness (QED) is 0.634. The first-order valence-corrected chi connectivity index (χ1v) is 7.13. The summed E-state index contributed by atoms with van der Waals surface area (Å²) in [5, 5.41) is 20.0. The SMILES string of the molecule is O=[N+]([O-])c1ccc(COc2c(Cl)cc(CO)cc2Br)cc1. The molecule has 2 rings (SSSR count). The van der Waals surface area contributed by atoms with Gasteiger partial charge in [0.2, 0.25) is 0 Å². The van der Waals surface area contributed by atoms with E-state index < -0.39 is 4.92 Å². The molecule has 0 bridgehead atoms. The van der Waals surface area contributed by atoms with E-state index in [2.05, 4.69) is 15.9 Å². The number of hydrogen-bond donors (Lipinski definition) is 1. The van der Waals surface area contributed by atoms with Gasteiger partial charge in [-0.1, -0.05) is 11.6 Å². The molecule has 0 atom stereocenters. The monoisotopic (exact) mass is 371 g/mol. The minimum atomic E-state index is -0.453. The zero-order chi connectivity index (χ0) is 15.4. The van der Waals surface area contributed by atoms with Crippen LogP contribution in [0, 0.1) is 10.1 Å². The Balaban J connectivity index is 2.11. The lowest BCUT2D eigenvalue weighted by Gasteiger charge is -2.11. The van der Waals surface area contributed by atoms with E-state index in [1.165, 1.54) is 12.1 Å². The van der Waals surface area contributed by atoms with Gasteiger partial charge >= 0.3 is 0 Å². The summed E-state index contributed by atoms with van der Waals surface area (Å²) in [7, 11) is 0. The van der Waals surface area contributed by atoms with Gasteiger partial charge in [-0.15, -0.1) is 0 Å². The van der Waals surface area contributed by atoms with Crippen molar-refractivity contribution < 1.29 is 14.8 Å². The third kappa shape index (κ3) is 3.93. The van der Waals surface area contributed by atoms with Crippen LogP contribution in [0.2, 0.25) is 5.02 Å². The van der Waals surface area contributed by atoms with Gasteiger partial charge in [0.1, 0.15) is 6.61 Å². The van der Waals surface area contributed by atoms with E-state index in [9.17, 15) is 10.1 Å². The molecule has 0 unspecified atom stereocenters. The first kappa shape index (κ1) is 15.8. The molecule has 110 valence electrons. The number of nitro benzene ring substituents is 1. The highest BCUT2D eigenvalue weighted by Crippen LogP contribution is 2.35. The Morgan fingerprint density at radius 1 is 1.24 bits per heavy atom. The maximum Gasteiger partial charge on any atom is 0.269 e. The van der Waals surface area contributed by atoms with E-state index in [1.807, 2.05) is 0 Å². The number of hydrogen-bond acceptors (Lipinski definition) is 4. The molecule has 21 heavy (non-hydrogen) atoms. The van der Waals surface area contributed by atoms with Crippen molar-refractivity contribution in [1.82, 2.24) is 0 Å². The van der Waals surface area contributed by atoms with Crippen LogP contribution in [0.25, 0.3) is 0 Å². The first-order valence-electron chi connectivity index (χ1n) is 5.96. The second-order valence-corrected chi connectivity index (χ2v) is 5.52. The largest absolute Gasteiger partial charge is 0.486 e. The van der Waals surface area contributed by atoms with Gasteiger partial charge in [0.25, 0.3) is 5.69 Å². The minimum absolute atomic E-state index is 0.0326. The van der Waals surface area contributed by atoms with Gasteiger partial charge in [0.05, 0.1) is 21.0 Å². The Morgan fingerprint density at radius 2 is 1.90 bits per heavy atom. The molecule has 0 aliphatic carbocycles. The molecule has 0 aliphatic heterocycles. The van der Waals surface area contributed by atoms with Crippen LogP contribution < -0.4 is 4.74 Å². The number of halogens is 2. The highest BCUT2D eigenvalue weighted by Gasteiger charge is 2.10. The van der Waals surface area contributed by atoms with Crippen molar-refractivity contribution in [2.45, 2.75) is 13.2 Å². The standard InChI is InChI=1S/C14H11BrClNO4/c15-12-5-10(7-18)6-13(16)14(12)21-8-9-1-3-11(4-2-9)17(19)20/h1-6,18H,7-8H2. The average molecular weight is 373 g/mol. The van der Waals surface area contributed by atoms with Gasteiger partial charge in [0.15, 0.2) is 5.75 Å². The van der Waals surface area contributed by atoms with E-state index in [4.69, 9.17) is 21.4 Å². The molecule has 1 N–H and O–H groups in total. The normalized spacial score (nSPS) is 10.4. The second kappa shape index (κ2) is 6.89. The highest BCUT2D eigenvalue weighted by molar-refractivity contribution is 9.10. The summed E-state index contributed by atoms with van der Waals surface area (Å²) in [6, 6.07) is 9.44. The number of benzene rings is 2. The Bertz CT molecular complexity index is 638. The van der Waals surface area contributed by atoms with Crippen LogP contribution in [-0.2, 0) is 13.2 Å². The number of aliphatic hydroxyl groups is 1. The van der Waals surface area contributed by atoms with Gasteiger partial charge in [-0.25, -0.2) is 0 Å². The summed E-state index contributed by atoms with van der Waals surface area (Å²) in [5.41, 5.74) is 1.50. The first-order chi connectivity index (χ1) is 10.0. The lowest BCUT2D eigenvalue weighted by atomic mass is 10.2. The fourth-order valence-corrected chi connectivity index (χ4v) is 2.74. The maximum atomic E-state index is 10.6. The Morgan fingerprint density at radius 3 is 2.43 bits per heavy atom. The molecular weight excluding hydrogens is 362 g/mol. The minimum Gasteiger partial charge on any atom is -0.486 e. The van der Waals surface area contributed by atoms with Crippen molar-refractivity contribution in [2.24, 2.45) is 0 Å². The molecule has 0 amide bonds. The Hall–Kier alpha value is -1.63. The third-order valence-electron chi connectivity index (χ3n) is 2.77. The molecule has 2 aromatic rings. The molecule has 0 radical (unpaired) electrons. The summed E-state index contributed by atoms with van der Waals surface area (Å²) >= 11 is 9.42. The average Bonchev–Trinajstić information content (AvgIpc) is 2.46. The zero-order valence-electron chi connectivity index (χ0n) is 10.8. The molecule has 0 saturated carbocycles. The predicted octanol–water partition coefficient (Wildman–Crippen LogP) is 4.08. The van der Waals surface area contributed by atoms with Gasteiger partial charge < -0.3 is 9.84 Å². The van der Waals surface area contributed by atoms with Crippen LogP contribution in [0.4, 0.5) is 5.69 Å². The van der Waals surface area contributed by atoms with Crippen molar-refractivity contribution in [2.75, 3.05) is 0 Å². The molecule has 0 aliphatic rings. The van der Waals surface area contributed by atoms with Gasteiger partial charge in [-0.2, -0.15) is 0 Å². The van der Waals surface area contributed by atoms with E-state index in [1.54, 1.807) is 24.3 Å². The van der Waals surface area contributed by atoms with Crippen molar-refractivity contribution in [3.05, 3.63) is 67.1 Å². The zero-order valence-corrected chi connectivity index (χ0v) is 13.1. The number of aliphatic hydroxyl groups excluding tert-OH is 1. The van der Waals surface area contributed by atoms with Gasteiger partial charge in [0, 0.05) is 12.1 Å². The van der Waals surface area contributed by atoms with Gasteiger partial charge in [-0.05, 0) is 51.3 Å². The summed E-state index contributed by atoms with van der Waals surface area (Å²) < 4.78 is 6.26. The van der Waals surface area contributed by atoms with E-state index in [0.717, 1.165) is 5.56 Å². The Kier molecular flexibility index (Phi) is 5.17. The molecular formula is C14H11BrClNO4. The maximum absolute atomic E-state index is 10.6.